The second kappa shape index (κ2) is 7.03. The zero-order valence-corrected chi connectivity index (χ0v) is 15.8. The molecular formula is C19H20N2O5S. The molecule has 0 saturated carbocycles. The number of aliphatic carboxylic acids is 1. The van der Waals surface area contributed by atoms with Gasteiger partial charge in [0.25, 0.3) is 10.0 Å². The van der Waals surface area contributed by atoms with Crippen LogP contribution in [0.1, 0.15) is 17.5 Å². The Labute approximate surface area is 157 Å². The molecule has 1 heterocycles. The summed E-state index contributed by atoms with van der Waals surface area (Å²) in [5.41, 5.74) is 2.74. The molecule has 1 saturated heterocycles. The van der Waals surface area contributed by atoms with Crippen molar-refractivity contribution in [3.05, 3.63) is 53.6 Å². The molecule has 0 radical (unpaired) electrons. The van der Waals surface area contributed by atoms with Crippen LogP contribution in [0.25, 0.3) is 0 Å². The third kappa shape index (κ3) is 3.95. The standard InChI is InChI=1S/C19H20N2O5S/c1-12-3-4-13(2)17(9-12)20-27(25,26)16-7-5-15(6-8-16)21-11-14(19(23)24)10-18(21)22/h3-9,14,20H,10-11H2,1-2H3,(H,23,24). The fourth-order valence-corrected chi connectivity index (χ4v) is 4.10. The van der Waals surface area contributed by atoms with Crippen molar-refractivity contribution in [3.63, 3.8) is 0 Å². The van der Waals surface area contributed by atoms with E-state index < -0.39 is 21.9 Å². The maximum atomic E-state index is 12.6. The monoisotopic (exact) mass is 388 g/mol. The lowest BCUT2D eigenvalue weighted by molar-refractivity contribution is -0.141. The van der Waals surface area contributed by atoms with Crippen LogP contribution in [0.15, 0.2) is 47.4 Å². The summed E-state index contributed by atoms with van der Waals surface area (Å²) in [6, 6.07) is 11.3. The number of rotatable bonds is 5. The molecule has 7 nitrogen and oxygen atoms in total. The third-order valence-electron chi connectivity index (χ3n) is 4.57. The predicted molar refractivity (Wildman–Crippen MR) is 101 cm³/mol. The van der Waals surface area contributed by atoms with Crippen LogP contribution < -0.4 is 9.62 Å². The SMILES string of the molecule is Cc1ccc(C)c(NS(=O)(=O)c2ccc(N3CC(C(=O)O)CC3=O)cc2)c1. The summed E-state index contributed by atoms with van der Waals surface area (Å²) in [6.07, 6.45) is -0.0520. The number of carboxylic acids is 1. The Balaban J connectivity index is 1.81. The molecule has 27 heavy (non-hydrogen) atoms. The first-order valence-electron chi connectivity index (χ1n) is 8.41. The number of nitrogens with one attached hydrogen (secondary N) is 1. The van der Waals surface area contributed by atoms with Gasteiger partial charge in [-0.2, -0.15) is 0 Å². The van der Waals surface area contributed by atoms with Crippen LogP contribution in [0.5, 0.6) is 0 Å². The summed E-state index contributed by atoms with van der Waals surface area (Å²) in [5.74, 6) is -2.04. The average molecular weight is 388 g/mol. The first-order chi connectivity index (χ1) is 12.7. The number of benzene rings is 2. The molecule has 0 bridgehead atoms. The number of nitrogens with zero attached hydrogens (tertiary/aromatic N) is 1. The van der Waals surface area contributed by atoms with Gasteiger partial charge >= 0.3 is 5.97 Å². The minimum atomic E-state index is -3.78. The fourth-order valence-electron chi connectivity index (χ4n) is 2.98. The van der Waals surface area contributed by atoms with E-state index in [1.807, 2.05) is 26.0 Å². The summed E-state index contributed by atoms with van der Waals surface area (Å²) in [7, 11) is -3.78. The Kier molecular flexibility index (Phi) is 4.93. The molecular weight excluding hydrogens is 368 g/mol. The Morgan fingerprint density at radius 1 is 1.15 bits per heavy atom. The predicted octanol–water partition coefficient (Wildman–Crippen LogP) is 2.54. The Morgan fingerprint density at radius 3 is 2.41 bits per heavy atom. The smallest absolute Gasteiger partial charge is 0.308 e. The zero-order chi connectivity index (χ0) is 19.8. The van der Waals surface area contributed by atoms with Crippen LogP contribution in [0.2, 0.25) is 0 Å². The van der Waals surface area contributed by atoms with E-state index in [9.17, 15) is 18.0 Å². The maximum absolute atomic E-state index is 12.6. The van der Waals surface area contributed by atoms with Crippen LogP contribution in [0.4, 0.5) is 11.4 Å². The molecule has 2 N–H and O–H groups in total. The first kappa shape index (κ1) is 18.9. The van der Waals surface area contributed by atoms with Gasteiger partial charge in [-0.25, -0.2) is 8.42 Å². The molecule has 1 aliphatic rings. The van der Waals surface area contributed by atoms with Crippen molar-refractivity contribution < 1.29 is 23.1 Å². The van der Waals surface area contributed by atoms with Crippen molar-refractivity contribution in [2.45, 2.75) is 25.2 Å². The van der Waals surface area contributed by atoms with E-state index >= 15 is 0 Å². The quantitative estimate of drug-likeness (QED) is 0.819. The van der Waals surface area contributed by atoms with E-state index in [1.54, 1.807) is 6.07 Å². The van der Waals surface area contributed by atoms with Crippen LogP contribution in [-0.2, 0) is 19.6 Å². The highest BCUT2D eigenvalue weighted by Crippen LogP contribution is 2.27. The lowest BCUT2D eigenvalue weighted by Gasteiger charge is -2.17. The fraction of sp³-hybridized carbons (Fsp3) is 0.263. The van der Waals surface area contributed by atoms with E-state index in [2.05, 4.69) is 4.72 Å². The highest BCUT2D eigenvalue weighted by atomic mass is 32.2. The van der Waals surface area contributed by atoms with Gasteiger partial charge in [-0.3, -0.25) is 14.3 Å². The lowest BCUT2D eigenvalue weighted by Crippen LogP contribution is -2.25. The van der Waals surface area contributed by atoms with Crippen molar-refractivity contribution in [1.29, 1.82) is 0 Å². The molecule has 0 aliphatic carbocycles. The molecule has 1 fully saturated rings. The van der Waals surface area contributed by atoms with Crippen LogP contribution in [-0.4, -0.2) is 31.9 Å². The van der Waals surface area contributed by atoms with Crippen LogP contribution in [0, 0.1) is 19.8 Å². The highest BCUT2D eigenvalue weighted by Gasteiger charge is 2.35. The normalized spacial score (nSPS) is 17.2. The summed E-state index contributed by atoms with van der Waals surface area (Å²) < 4.78 is 27.8. The summed E-state index contributed by atoms with van der Waals surface area (Å²) in [6.45, 7) is 3.78. The number of hydrogen-bond acceptors (Lipinski definition) is 4. The van der Waals surface area contributed by atoms with Gasteiger partial charge in [-0.15, -0.1) is 0 Å². The third-order valence-corrected chi connectivity index (χ3v) is 5.95. The number of amides is 1. The Bertz CT molecular complexity index is 999. The Morgan fingerprint density at radius 2 is 1.81 bits per heavy atom. The second-order valence-electron chi connectivity index (χ2n) is 6.66. The second-order valence-corrected chi connectivity index (χ2v) is 8.34. The number of carbonyl (C=O) groups is 2. The van der Waals surface area contributed by atoms with Crippen molar-refractivity contribution in [2.24, 2.45) is 5.92 Å². The number of carboxylic acid groups (broad SMARTS) is 1. The largest absolute Gasteiger partial charge is 0.481 e. The number of anilines is 2. The van der Waals surface area contributed by atoms with Gasteiger partial charge in [0.15, 0.2) is 0 Å². The summed E-state index contributed by atoms with van der Waals surface area (Å²) >= 11 is 0. The molecule has 0 aromatic heterocycles. The van der Waals surface area contributed by atoms with E-state index in [1.165, 1.54) is 29.2 Å². The van der Waals surface area contributed by atoms with Crippen molar-refractivity contribution in [3.8, 4) is 0 Å². The average Bonchev–Trinajstić information content (AvgIpc) is 3.00. The minimum absolute atomic E-state index is 0.0520. The first-order valence-corrected chi connectivity index (χ1v) is 9.89. The molecule has 1 aliphatic heterocycles. The molecule has 1 atom stereocenters. The molecule has 1 amide bonds. The van der Waals surface area contributed by atoms with E-state index in [0.29, 0.717) is 11.4 Å². The van der Waals surface area contributed by atoms with Crippen LogP contribution in [0.3, 0.4) is 0 Å². The highest BCUT2D eigenvalue weighted by molar-refractivity contribution is 7.92. The molecule has 8 heteroatoms. The zero-order valence-electron chi connectivity index (χ0n) is 15.0. The number of hydrogen-bond donors (Lipinski definition) is 2. The van der Waals surface area contributed by atoms with E-state index in [-0.39, 0.29) is 23.8 Å². The van der Waals surface area contributed by atoms with Gasteiger partial charge in [0.2, 0.25) is 5.91 Å². The minimum Gasteiger partial charge on any atom is -0.481 e. The van der Waals surface area contributed by atoms with E-state index in [0.717, 1.165) is 11.1 Å². The Hall–Kier alpha value is -2.87. The summed E-state index contributed by atoms with van der Waals surface area (Å²) in [5, 5.41) is 9.06. The van der Waals surface area contributed by atoms with E-state index in [4.69, 9.17) is 5.11 Å². The van der Waals surface area contributed by atoms with Crippen LogP contribution >= 0.6 is 0 Å². The van der Waals surface area contributed by atoms with Crippen molar-refractivity contribution >= 4 is 33.3 Å². The lowest BCUT2D eigenvalue weighted by atomic mass is 10.1. The molecule has 2 aromatic rings. The van der Waals surface area contributed by atoms with Gasteiger partial charge in [0.1, 0.15) is 0 Å². The topological polar surface area (TPSA) is 104 Å². The number of aryl methyl sites for hydroxylation is 2. The molecule has 1 unspecified atom stereocenters. The maximum Gasteiger partial charge on any atom is 0.308 e. The van der Waals surface area contributed by atoms with Gasteiger partial charge in [0, 0.05) is 18.7 Å². The molecule has 0 spiro atoms. The number of sulfonamides is 1. The van der Waals surface area contributed by atoms with Gasteiger partial charge in [-0.05, 0) is 55.3 Å². The van der Waals surface area contributed by atoms with Crippen molar-refractivity contribution in [1.82, 2.24) is 0 Å². The molecule has 2 aromatic carbocycles. The van der Waals surface area contributed by atoms with Crippen molar-refractivity contribution in [2.75, 3.05) is 16.2 Å². The van der Waals surface area contributed by atoms with Gasteiger partial charge in [0.05, 0.1) is 16.5 Å². The molecule has 3 rings (SSSR count). The van der Waals surface area contributed by atoms with Gasteiger partial charge in [-0.1, -0.05) is 12.1 Å². The summed E-state index contributed by atoms with van der Waals surface area (Å²) in [4.78, 5) is 24.5. The number of carbonyl (C=O) groups excluding carboxylic acids is 1. The van der Waals surface area contributed by atoms with Gasteiger partial charge < -0.3 is 10.0 Å². The molecule has 142 valence electrons.